The number of aromatic nitrogens is 1. The van der Waals surface area contributed by atoms with Gasteiger partial charge in [-0.3, -0.25) is 4.79 Å². The number of hydrogen-bond acceptors (Lipinski definition) is 7. The molecule has 2 unspecified atom stereocenters. The summed E-state index contributed by atoms with van der Waals surface area (Å²) in [6.45, 7) is -0.514. The number of nitrogens with one attached hydrogen (secondary N) is 1. The van der Waals surface area contributed by atoms with E-state index in [0.29, 0.717) is 11.2 Å². The molecule has 8 nitrogen and oxygen atoms in total. The molecule has 0 aliphatic carbocycles. The van der Waals surface area contributed by atoms with Crippen molar-refractivity contribution in [3.63, 3.8) is 0 Å². The van der Waals surface area contributed by atoms with Crippen LogP contribution in [0.5, 0.6) is 0 Å². The second-order valence-electron chi connectivity index (χ2n) is 5.90. The molecule has 8 heteroatoms. The summed E-state index contributed by atoms with van der Waals surface area (Å²) in [5.41, 5.74) is 1.08. The van der Waals surface area contributed by atoms with Crippen LogP contribution in [0.2, 0.25) is 0 Å². The van der Waals surface area contributed by atoms with Crippen molar-refractivity contribution in [1.82, 2.24) is 4.57 Å². The highest BCUT2D eigenvalue weighted by atomic mass is 16.6. The minimum absolute atomic E-state index is 0.151. The Morgan fingerprint density at radius 1 is 1.17 bits per heavy atom. The van der Waals surface area contributed by atoms with Crippen LogP contribution in [0.25, 0.3) is 10.9 Å². The fourth-order valence-electron chi connectivity index (χ4n) is 2.90. The topological polar surface area (TPSA) is 124 Å². The first-order chi connectivity index (χ1) is 11.4. The van der Waals surface area contributed by atoms with Crippen molar-refractivity contribution in [2.45, 2.75) is 30.6 Å². The lowest BCUT2D eigenvalue weighted by atomic mass is 9.97. The van der Waals surface area contributed by atoms with Crippen LogP contribution in [0, 0.1) is 0 Å². The Labute approximate surface area is 137 Å². The van der Waals surface area contributed by atoms with Gasteiger partial charge in [0, 0.05) is 18.8 Å². The number of rotatable bonds is 3. The zero-order valence-corrected chi connectivity index (χ0v) is 13.0. The molecule has 0 bridgehead atoms. The van der Waals surface area contributed by atoms with Gasteiger partial charge in [0.1, 0.15) is 24.4 Å². The van der Waals surface area contributed by atoms with E-state index in [9.17, 15) is 20.1 Å². The van der Waals surface area contributed by atoms with Gasteiger partial charge in [-0.2, -0.15) is 0 Å². The number of ether oxygens (including phenoxy) is 1. The molecule has 24 heavy (non-hydrogen) atoms. The van der Waals surface area contributed by atoms with Gasteiger partial charge in [0.05, 0.1) is 12.1 Å². The van der Waals surface area contributed by atoms with Gasteiger partial charge in [0.15, 0.2) is 6.29 Å². The Morgan fingerprint density at radius 3 is 2.58 bits per heavy atom. The third-order valence-corrected chi connectivity index (χ3v) is 4.36. The Balaban J connectivity index is 1.89. The number of nitrogens with zero attached hydrogens (tertiary/aromatic N) is 1. The summed E-state index contributed by atoms with van der Waals surface area (Å²) in [6, 6.07) is 7.44. The van der Waals surface area contributed by atoms with Crippen LogP contribution in [0.3, 0.4) is 0 Å². The molecule has 0 amide bonds. The SMILES string of the molecule is Cn1c(=O)ccc2ccc(NC3[C@H](O)OC(CO)[C@@H](O)[C@@H]3O)cc21. The Kier molecular flexibility index (Phi) is 4.57. The lowest BCUT2D eigenvalue weighted by Crippen LogP contribution is -2.61. The molecular formula is C16H20N2O6. The summed E-state index contributed by atoms with van der Waals surface area (Å²) in [5, 5.41) is 43.0. The van der Waals surface area contributed by atoms with Gasteiger partial charge in [-0.05, 0) is 23.6 Å². The van der Waals surface area contributed by atoms with Crippen molar-refractivity contribution in [2.75, 3.05) is 11.9 Å². The van der Waals surface area contributed by atoms with E-state index < -0.39 is 37.3 Å². The molecule has 2 heterocycles. The molecular weight excluding hydrogens is 316 g/mol. The fourth-order valence-corrected chi connectivity index (χ4v) is 2.90. The highest BCUT2D eigenvalue weighted by Crippen LogP contribution is 2.24. The van der Waals surface area contributed by atoms with E-state index in [0.717, 1.165) is 5.39 Å². The average Bonchev–Trinajstić information content (AvgIpc) is 2.58. The molecule has 1 fully saturated rings. The number of hydrogen-bond donors (Lipinski definition) is 5. The minimum Gasteiger partial charge on any atom is -0.394 e. The number of pyridine rings is 1. The largest absolute Gasteiger partial charge is 0.394 e. The van der Waals surface area contributed by atoms with Crippen LogP contribution in [-0.2, 0) is 11.8 Å². The third kappa shape index (κ3) is 2.90. The Bertz CT molecular complexity index is 792. The molecule has 1 aromatic heterocycles. The summed E-state index contributed by atoms with van der Waals surface area (Å²) in [4.78, 5) is 11.7. The highest BCUT2D eigenvalue weighted by molar-refractivity contribution is 5.82. The number of benzene rings is 1. The maximum absolute atomic E-state index is 11.7. The maximum atomic E-state index is 11.7. The van der Waals surface area contributed by atoms with Crippen molar-refractivity contribution in [3.8, 4) is 0 Å². The van der Waals surface area contributed by atoms with E-state index in [1.54, 1.807) is 31.3 Å². The van der Waals surface area contributed by atoms with E-state index in [1.807, 2.05) is 0 Å². The van der Waals surface area contributed by atoms with Crippen molar-refractivity contribution in [1.29, 1.82) is 0 Å². The lowest BCUT2D eigenvalue weighted by Gasteiger charge is -2.40. The normalized spacial score (nSPS) is 30.5. The van der Waals surface area contributed by atoms with Crippen molar-refractivity contribution >= 4 is 16.6 Å². The van der Waals surface area contributed by atoms with Crippen LogP contribution >= 0.6 is 0 Å². The van der Waals surface area contributed by atoms with E-state index >= 15 is 0 Å². The first-order valence-electron chi connectivity index (χ1n) is 7.59. The van der Waals surface area contributed by atoms with Crippen LogP contribution < -0.4 is 10.9 Å². The zero-order chi connectivity index (χ0) is 17.4. The van der Waals surface area contributed by atoms with Gasteiger partial charge in [-0.15, -0.1) is 0 Å². The predicted octanol–water partition coefficient (Wildman–Crippen LogP) is -1.25. The second-order valence-corrected chi connectivity index (χ2v) is 5.90. The molecule has 1 saturated heterocycles. The summed E-state index contributed by atoms with van der Waals surface area (Å²) < 4.78 is 6.60. The quantitative estimate of drug-likeness (QED) is 0.474. The van der Waals surface area contributed by atoms with Crippen LogP contribution in [0.1, 0.15) is 0 Å². The Hall–Kier alpha value is -1.97. The van der Waals surface area contributed by atoms with Crippen molar-refractivity contribution in [2.24, 2.45) is 7.05 Å². The van der Waals surface area contributed by atoms with E-state index in [4.69, 9.17) is 9.84 Å². The highest BCUT2D eigenvalue weighted by Gasteiger charge is 2.43. The van der Waals surface area contributed by atoms with Crippen molar-refractivity contribution < 1.29 is 25.2 Å². The molecule has 130 valence electrons. The predicted molar refractivity (Wildman–Crippen MR) is 86.6 cm³/mol. The number of aryl methyl sites for hydroxylation is 1. The molecule has 5 N–H and O–H groups in total. The molecule has 1 aliphatic rings. The molecule has 3 rings (SSSR count). The van der Waals surface area contributed by atoms with Crippen LogP contribution in [-0.4, -0.2) is 62.2 Å². The number of aliphatic hydroxyl groups is 4. The van der Waals surface area contributed by atoms with Gasteiger partial charge in [-0.1, -0.05) is 6.07 Å². The van der Waals surface area contributed by atoms with Crippen LogP contribution in [0.4, 0.5) is 5.69 Å². The summed E-state index contributed by atoms with van der Waals surface area (Å²) in [5.74, 6) is 0. The maximum Gasteiger partial charge on any atom is 0.250 e. The van der Waals surface area contributed by atoms with E-state index in [2.05, 4.69) is 5.32 Å². The average molecular weight is 336 g/mol. The number of aliphatic hydroxyl groups excluding tert-OH is 4. The molecule has 0 spiro atoms. The molecule has 1 aromatic carbocycles. The first kappa shape index (κ1) is 16.9. The van der Waals surface area contributed by atoms with Gasteiger partial charge in [0.25, 0.3) is 5.56 Å². The van der Waals surface area contributed by atoms with E-state index in [1.165, 1.54) is 10.6 Å². The first-order valence-corrected chi connectivity index (χ1v) is 7.59. The van der Waals surface area contributed by atoms with Gasteiger partial charge < -0.3 is 35.0 Å². The van der Waals surface area contributed by atoms with Gasteiger partial charge in [-0.25, -0.2) is 0 Å². The molecule has 2 aromatic rings. The third-order valence-electron chi connectivity index (χ3n) is 4.36. The standard InChI is InChI=1S/C16H20N2O6/c1-18-10-6-9(4-2-8(10)3-5-12(18)20)17-13-15(22)14(21)11(7-19)24-16(13)23/h2-6,11,13-17,19,21-23H,7H2,1H3/t11?,13?,14-,15-,16-/m1/s1. The van der Waals surface area contributed by atoms with Crippen LogP contribution in [0.15, 0.2) is 35.1 Å². The summed E-state index contributed by atoms with van der Waals surface area (Å²) >= 11 is 0. The summed E-state index contributed by atoms with van der Waals surface area (Å²) in [6.07, 6.45) is -5.12. The summed E-state index contributed by atoms with van der Waals surface area (Å²) in [7, 11) is 1.65. The fraction of sp³-hybridized carbons (Fsp3) is 0.438. The monoisotopic (exact) mass is 336 g/mol. The second kappa shape index (κ2) is 6.50. The number of fused-ring (bicyclic) bond motifs is 1. The lowest BCUT2D eigenvalue weighted by molar-refractivity contribution is -0.245. The molecule has 5 atom stereocenters. The molecule has 0 radical (unpaired) electrons. The molecule has 0 saturated carbocycles. The van der Waals surface area contributed by atoms with Gasteiger partial charge in [0.2, 0.25) is 0 Å². The minimum atomic E-state index is -1.41. The van der Waals surface area contributed by atoms with Gasteiger partial charge >= 0.3 is 0 Å². The van der Waals surface area contributed by atoms with Crippen molar-refractivity contribution in [3.05, 3.63) is 40.7 Å². The zero-order valence-electron chi connectivity index (χ0n) is 13.0. The smallest absolute Gasteiger partial charge is 0.250 e. The number of anilines is 1. The van der Waals surface area contributed by atoms with E-state index in [-0.39, 0.29) is 5.56 Å². The molecule has 1 aliphatic heterocycles. The Morgan fingerprint density at radius 2 is 1.88 bits per heavy atom.